The Morgan fingerprint density at radius 3 is 2.59 bits per heavy atom. The molecule has 0 aliphatic heterocycles. The van der Waals surface area contributed by atoms with Gasteiger partial charge >= 0.3 is 6.03 Å². The summed E-state index contributed by atoms with van der Waals surface area (Å²) in [4.78, 5) is 16.6. The largest absolute Gasteiger partial charge is 0.394 e. The number of carbonyl (C=O) groups excluding carboxylic acids is 1. The maximum atomic E-state index is 12.0. The van der Waals surface area contributed by atoms with Gasteiger partial charge in [0.25, 0.3) is 0 Å². The van der Waals surface area contributed by atoms with Crippen LogP contribution in [0.5, 0.6) is 0 Å². The van der Waals surface area contributed by atoms with E-state index in [2.05, 4.69) is 41.8 Å². The number of urea groups is 1. The van der Waals surface area contributed by atoms with Crippen LogP contribution in [0.15, 0.2) is 5.38 Å². The number of aliphatic hydroxyl groups excluding tert-OH is 1. The van der Waals surface area contributed by atoms with Crippen LogP contribution in [-0.2, 0) is 11.8 Å². The number of hydrogen-bond acceptors (Lipinski definition) is 4. The fourth-order valence-electron chi connectivity index (χ4n) is 2.37. The number of nitrogens with zero attached hydrogens (tertiary/aromatic N) is 1. The van der Waals surface area contributed by atoms with E-state index >= 15 is 0 Å². The van der Waals surface area contributed by atoms with Crippen LogP contribution in [0.4, 0.5) is 4.79 Å². The molecule has 0 bridgehead atoms. The molecule has 0 radical (unpaired) electrons. The summed E-state index contributed by atoms with van der Waals surface area (Å²) < 4.78 is 0. The zero-order valence-corrected chi connectivity index (χ0v) is 14.7. The Morgan fingerprint density at radius 2 is 2.09 bits per heavy atom. The number of hydrogen-bond donors (Lipinski definition) is 3. The zero-order valence-electron chi connectivity index (χ0n) is 13.9. The summed E-state index contributed by atoms with van der Waals surface area (Å²) in [6, 6.07) is -0.213. The molecule has 0 aromatic carbocycles. The van der Waals surface area contributed by atoms with Crippen molar-refractivity contribution in [1.82, 2.24) is 15.6 Å². The van der Waals surface area contributed by atoms with Crippen LogP contribution < -0.4 is 10.6 Å². The van der Waals surface area contributed by atoms with Crippen molar-refractivity contribution < 1.29 is 9.90 Å². The van der Waals surface area contributed by atoms with Crippen LogP contribution in [0.3, 0.4) is 0 Å². The Morgan fingerprint density at radius 1 is 1.41 bits per heavy atom. The van der Waals surface area contributed by atoms with Gasteiger partial charge in [0.1, 0.15) is 0 Å². The third-order valence-electron chi connectivity index (χ3n) is 4.07. The van der Waals surface area contributed by atoms with Crippen molar-refractivity contribution in [2.24, 2.45) is 5.92 Å². The first-order valence-electron chi connectivity index (χ1n) is 7.86. The van der Waals surface area contributed by atoms with Crippen molar-refractivity contribution in [3.8, 4) is 0 Å². The maximum Gasteiger partial charge on any atom is 0.315 e. The Kier molecular flexibility index (Phi) is 5.12. The van der Waals surface area contributed by atoms with Crippen molar-refractivity contribution in [3.63, 3.8) is 0 Å². The van der Waals surface area contributed by atoms with Crippen LogP contribution >= 0.6 is 11.3 Å². The number of rotatable bonds is 6. The predicted molar refractivity (Wildman–Crippen MR) is 89.3 cm³/mol. The van der Waals surface area contributed by atoms with Gasteiger partial charge in [0.15, 0.2) is 0 Å². The number of nitrogens with one attached hydrogen (secondary N) is 2. The van der Waals surface area contributed by atoms with Gasteiger partial charge in [-0.05, 0) is 25.7 Å². The van der Waals surface area contributed by atoms with Crippen LogP contribution in [0, 0.1) is 5.92 Å². The summed E-state index contributed by atoms with van der Waals surface area (Å²) in [6.07, 6.45) is 2.87. The summed E-state index contributed by atoms with van der Waals surface area (Å²) in [5.41, 5.74) is 0.591. The molecule has 2 amide bonds. The molecular formula is C16H27N3O2S. The third kappa shape index (κ3) is 4.43. The first-order valence-corrected chi connectivity index (χ1v) is 8.74. The molecule has 0 saturated heterocycles. The number of amides is 2. The minimum Gasteiger partial charge on any atom is -0.394 e. The third-order valence-corrected chi connectivity index (χ3v) is 5.38. The highest BCUT2D eigenvalue weighted by Gasteiger charge is 2.42. The monoisotopic (exact) mass is 325 g/mol. The summed E-state index contributed by atoms with van der Waals surface area (Å²) in [7, 11) is 0. The summed E-state index contributed by atoms with van der Waals surface area (Å²) in [6.45, 7) is 8.87. The van der Waals surface area contributed by atoms with Crippen LogP contribution in [0.2, 0.25) is 0 Å². The molecule has 1 aromatic rings. The Balaban J connectivity index is 1.76. The highest BCUT2D eigenvalue weighted by molar-refractivity contribution is 7.09. The Labute approximate surface area is 136 Å². The van der Waals surface area contributed by atoms with E-state index in [1.165, 1.54) is 0 Å². The van der Waals surface area contributed by atoms with Crippen LogP contribution in [0.25, 0.3) is 0 Å². The first-order chi connectivity index (χ1) is 10.2. The molecule has 1 aromatic heterocycles. The lowest BCUT2D eigenvalue weighted by molar-refractivity contribution is 0.155. The van der Waals surface area contributed by atoms with Gasteiger partial charge in [0.05, 0.1) is 22.8 Å². The molecule has 124 valence electrons. The summed E-state index contributed by atoms with van der Waals surface area (Å²) >= 11 is 1.67. The topological polar surface area (TPSA) is 74.2 Å². The molecule has 1 saturated carbocycles. The van der Waals surface area contributed by atoms with Crippen molar-refractivity contribution in [1.29, 1.82) is 0 Å². The van der Waals surface area contributed by atoms with Gasteiger partial charge in [-0.2, -0.15) is 0 Å². The minimum atomic E-state index is -0.496. The SMILES string of the molecule is CC(C)(C)c1nc(CCNC(=O)NC(C)(CO)C2CC2)cs1. The van der Waals surface area contributed by atoms with Gasteiger partial charge in [-0.1, -0.05) is 20.8 Å². The van der Waals surface area contributed by atoms with E-state index in [0.29, 0.717) is 12.5 Å². The van der Waals surface area contributed by atoms with Crippen molar-refractivity contribution in [2.45, 2.75) is 57.9 Å². The van der Waals surface area contributed by atoms with E-state index in [4.69, 9.17) is 0 Å². The first kappa shape index (κ1) is 17.2. The second-order valence-electron chi connectivity index (χ2n) is 7.37. The molecule has 0 spiro atoms. The average Bonchev–Trinajstić information content (AvgIpc) is 3.18. The predicted octanol–water partition coefficient (Wildman–Crippen LogP) is 2.44. The number of carbonyl (C=O) groups is 1. The average molecular weight is 325 g/mol. The molecule has 22 heavy (non-hydrogen) atoms. The maximum absolute atomic E-state index is 12.0. The molecule has 5 nitrogen and oxygen atoms in total. The van der Waals surface area contributed by atoms with E-state index in [1.807, 2.05) is 6.92 Å². The van der Waals surface area contributed by atoms with Gasteiger partial charge in [0, 0.05) is 23.8 Å². The van der Waals surface area contributed by atoms with Gasteiger partial charge in [0.2, 0.25) is 0 Å². The van der Waals surface area contributed by atoms with Gasteiger partial charge in [-0.25, -0.2) is 9.78 Å². The van der Waals surface area contributed by atoms with E-state index < -0.39 is 5.54 Å². The second-order valence-corrected chi connectivity index (χ2v) is 8.23. The zero-order chi connectivity index (χ0) is 16.4. The van der Waals surface area contributed by atoms with Crippen LogP contribution in [0.1, 0.15) is 51.2 Å². The number of aromatic nitrogens is 1. The normalized spacial score (nSPS) is 17.9. The lowest BCUT2D eigenvalue weighted by Gasteiger charge is -2.28. The number of aliphatic hydroxyl groups is 1. The summed E-state index contributed by atoms with van der Waals surface area (Å²) in [5, 5.41) is 18.4. The molecule has 2 rings (SSSR count). The molecule has 1 atom stereocenters. The van der Waals surface area contributed by atoms with E-state index in [9.17, 15) is 9.90 Å². The standard InChI is InChI=1S/C16H27N3O2S/c1-15(2,3)13-18-12(9-22-13)7-8-17-14(21)19-16(4,10-20)11-5-6-11/h9,11,20H,5-8,10H2,1-4H3,(H2,17,19,21). The van der Waals surface area contributed by atoms with Crippen molar-refractivity contribution in [3.05, 3.63) is 16.1 Å². The molecular weight excluding hydrogens is 298 g/mol. The fourth-order valence-corrected chi connectivity index (χ4v) is 3.31. The van der Waals surface area contributed by atoms with Gasteiger partial charge in [-0.3, -0.25) is 0 Å². The smallest absolute Gasteiger partial charge is 0.315 e. The minimum absolute atomic E-state index is 0.0217. The van der Waals surface area contributed by atoms with Crippen molar-refractivity contribution in [2.75, 3.05) is 13.2 Å². The fraction of sp³-hybridized carbons (Fsp3) is 0.750. The lowest BCUT2D eigenvalue weighted by Crippen LogP contribution is -2.54. The summed E-state index contributed by atoms with van der Waals surface area (Å²) in [5.74, 6) is 0.399. The molecule has 3 N–H and O–H groups in total. The molecule has 6 heteroatoms. The van der Waals surface area contributed by atoms with Gasteiger partial charge in [-0.15, -0.1) is 11.3 Å². The molecule has 1 fully saturated rings. The Hall–Kier alpha value is -1.14. The lowest BCUT2D eigenvalue weighted by atomic mass is 9.97. The quantitative estimate of drug-likeness (QED) is 0.752. The highest BCUT2D eigenvalue weighted by atomic mass is 32.1. The van der Waals surface area contributed by atoms with E-state index in [1.54, 1.807) is 11.3 Å². The molecule has 1 aliphatic carbocycles. The van der Waals surface area contributed by atoms with E-state index in [0.717, 1.165) is 30.0 Å². The van der Waals surface area contributed by atoms with Crippen molar-refractivity contribution >= 4 is 17.4 Å². The Bertz CT molecular complexity index is 520. The highest BCUT2D eigenvalue weighted by Crippen LogP contribution is 2.39. The van der Waals surface area contributed by atoms with Gasteiger partial charge < -0.3 is 15.7 Å². The molecule has 1 aliphatic rings. The van der Waals surface area contributed by atoms with E-state index in [-0.39, 0.29) is 18.1 Å². The molecule has 1 unspecified atom stereocenters. The van der Waals surface area contributed by atoms with Crippen LogP contribution in [-0.4, -0.2) is 34.8 Å². The number of thiazole rings is 1. The second kappa shape index (κ2) is 6.54. The molecule has 1 heterocycles.